The number of carbonyl (C=O) groups excluding carboxylic acids is 1. The van der Waals surface area contributed by atoms with Crippen molar-refractivity contribution in [1.82, 2.24) is 4.98 Å². The fraction of sp³-hybridized carbons (Fsp3) is 0.391. The zero-order chi connectivity index (χ0) is 18.2. The van der Waals surface area contributed by atoms with Crippen LogP contribution < -0.4 is 17.5 Å². The maximum Gasteiger partial charge on any atom is 4.00 e. The smallest absolute Gasteiger partial charge is 1.00 e. The molecule has 2 aromatic carbocycles. The molecule has 1 fully saturated rings. The fourth-order valence-electron chi connectivity index (χ4n) is 3.82. The van der Waals surface area contributed by atoms with Crippen molar-refractivity contribution in [2.75, 3.05) is 0 Å². The van der Waals surface area contributed by atoms with Crippen molar-refractivity contribution in [1.29, 1.82) is 0 Å². The molecule has 4 N–H and O–H groups in total. The molecule has 3 aromatic rings. The quantitative estimate of drug-likeness (QED) is 0.422. The Bertz CT molecular complexity index is 818. The van der Waals surface area contributed by atoms with Crippen molar-refractivity contribution in [2.24, 2.45) is 5.92 Å². The SMILES string of the molecule is O=C([O-])CCCC1CCCCC1.[Cl-].[NH2-].[NH2-].[Pt+4].c1ccc2c(c1)cnc1ccccc12. The summed E-state index contributed by atoms with van der Waals surface area (Å²) in [6, 6.07) is 16.6. The van der Waals surface area contributed by atoms with Gasteiger partial charge in [-0.15, -0.1) is 0 Å². The van der Waals surface area contributed by atoms with Crippen LogP contribution in [0.4, 0.5) is 0 Å². The molecule has 1 heterocycles. The number of pyridine rings is 1. The molecule has 1 saturated carbocycles. The molecule has 0 atom stereocenters. The van der Waals surface area contributed by atoms with Crippen LogP contribution in [0.3, 0.4) is 0 Å². The van der Waals surface area contributed by atoms with E-state index in [0.717, 1.165) is 24.3 Å². The van der Waals surface area contributed by atoms with Gasteiger partial charge in [-0.25, -0.2) is 0 Å². The van der Waals surface area contributed by atoms with E-state index in [-0.39, 0.29) is 52.2 Å². The topological polar surface area (TPSA) is 120 Å². The Hall–Kier alpha value is -1.52. The molecule has 0 amide bonds. The van der Waals surface area contributed by atoms with Gasteiger partial charge in [0.1, 0.15) is 0 Å². The van der Waals surface area contributed by atoms with Gasteiger partial charge in [-0.3, -0.25) is 4.98 Å². The fourth-order valence-corrected chi connectivity index (χ4v) is 3.82. The minimum atomic E-state index is -0.897. The van der Waals surface area contributed by atoms with Gasteiger partial charge in [0.2, 0.25) is 0 Å². The molecule has 0 saturated heterocycles. The number of para-hydroxylation sites is 1. The summed E-state index contributed by atoms with van der Waals surface area (Å²) in [6.45, 7) is 0. The van der Waals surface area contributed by atoms with Gasteiger partial charge >= 0.3 is 21.1 Å². The van der Waals surface area contributed by atoms with Gasteiger partial charge < -0.3 is 34.6 Å². The molecular formula is C23H30ClN3O2Pt. The van der Waals surface area contributed by atoms with Crippen molar-refractivity contribution in [3.8, 4) is 0 Å². The predicted molar refractivity (Wildman–Crippen MR) is 115 cm³/mol. The van der Waals surface area contributed by atoms with E-state index in [4.69, 9.17) is 0 Å². The summed E-state index contributed by atoms with van der Waals surface area (Å²) in [4.78, 5) is 14.5. The Balaban J connectivity index is 0. The first-order valence-electron chi connectivity index (χ1n) is 9.66. The number of aliphatic carboxylic acids is 1. The third-order valence-electron chi connectivity index (χ3n) is 5.22. The number of hydrogen-bond donors (Lipinski definition) is 0. The van der Waals surface area contributed by atoms with E-state index in [1.54, 1.807) is 0 Å². The van der Waals surface area contributed by atoms with Crippen LogP contribution in [-0.2, 0) is 25.9 Å². The Kier molecular flexibility index (Phi) is 16.6. The molecule has 1 aromatic heterocycles. The summed E-state index contributed by atoms with van der Waals surface area (Å²) in [5, 5.41) is 13.8. The summed E-state index contributed by atoms with van der Waals surface area (Å²) in [5.41, 5.74) is 1.06. The number of aromatic nitrogens is 1. The van der Waals surface area contributed by atoms with E-state index in [2.05, 4.69) is 35.3 Å². The zero-order valence-electron chi connectivity index (χ0n) is 17.0. The Morgan fingerprint density at radius 2 is 1.53 bits per heavy atom. The Morgan fingerprint density at radius 3 is 2.20 bits per heavy atom. The van der Waals surface area contributed by atoms with Crippen LogP contribution in [0, 0.1) is 5.92 Å². The largest absolute Gasteiger partial charge is 4.00 e. The van der Waals surface area contributed by atoms with Crippen LogP contribution in [0.1, 0.15) is 51.4 Å². The second-order valence-electron chi connectivity index (χ2n) is 7.13. The second-order valence-corrected chi connectivity index (χ2v) is 7.13. The normalized spacial score (nSPS) is 12.8. The number of carbonyl (C=O) groups is 1. The summed E-state index contributed by atoms with van der Waals surface area (Å²) in [6.07, 6.45) is 10.8. The number of nitrogens with zero attached hydrogens (tertiary/aromatic N) is 1. The molecule has 5 nitrogen and oxygen atoms in total. The van der Waals surface area contributed by atoms with Gasteiger partial charge in [0.05, 0.1) is 5.52 Å². The maximum absolute atomic E-state index is 10.1. The summed E-state index contributed by atoms with van der Waals surface area (Å²) in [5.74, 6) is -0.0936. The number of fused-ring (bicyclic) bond motifs is 3. The third kappa shape index (κ3) is 9.09. The van der Waals surface area contributed by atoms with E-state index in [1.165, 1.54) is 48.3 Å². The zero-order valence-corrected chi connectivity index (χ0v) is 20.1. The number of rotatable bonds is 4. The monoisotopic (exact) mass is 610 g/mol. The van der Waals surface area contributed by atoms with E-state index in [1.807, 2.05) is 24.4 Å². The van der Waals surface area contributed by atoms with Crippen LogP contribution in [-0.4, -0.2) is 11.0 Å². The average Bonchev–Trinajstić information content (AvgIpc) is 2.69. The van der Waals surface area contributed by atoms with Crippen molar-refractivity contribution in [3.63, 3.8) is 0 Å². The molecule has 0 spiro atoms. The molecule has 1 aliphatic carbocycles. The molecule has 4 rings (SSSR count). The first kappa shape index (κ1) is 30.7. The van der Waals surface area contributed by atoms with Crippen molar-refractivity contribution in [2.45, 2.75) is 51.4 Å². The first-order chi connectivity index (χ1) is 12.7. The van der Waals surface area contributed by atoms with Crippen molar-refractivity contribution >= 4 is 27.6 Å². The van der Waals surface area contributed by atoms with Crippen LogP contribution >= 0.6 is 0 Å². The second kappa shape index (κ2) is 16.2. The van der Waals surface area contributed by atoms with Crippen LogP contribution in [0.5, 0.6) is 0 Å². The van der Waals surface area contributed by atoms with Gasteiger partial charge in [0.15, 0.2) is 0 Å². The number of nitrogens with two attached hydrogens (primary N) is 2. The molecule has 0 bridgehead atoms. The Labute approximate surface area is 199 Å². The summed E-state index contributed by atoms with van der Waals surface area (Å²) >= 11 is 0. The molecule has 0 radical (unpaired) electrons. The number of benzene rings is 2. The Morgan fingerprint density at radius 1 is 0.933 bits per heavy atom. The maximum atomic E-state index is 10.1. The number of carboxylic acids is 1. The van der Waals surface area contributed by atoms with E-state index < -0.39 is 5.97 Å². The minimum absolute atomic E-state index is 0. The van der Waals surface area contributed by atoms with Crippen LogP contribution in [0.25, 0.3) is 34.0 Å². The number of carboxylic acid groups (broad SMARTS) is 1. The van der Waals surface area contributed by atoms with Crippen molar-refractivity contribution < 1.29 is 43.4 Å². The van der Waals surface area contributed by atoms with E-state index in [9.17, 15) is 9.90 Å². The average molecular weight is 611 g/mol. The molecule has 0 unspecified atom stereocenters. The molecule has 0 aliphatic heterocycles. The van der Waals surface area contributed by atoms with Gasteiger partial charge in [0.25, 0.3) is 0 Å². The molecule has 7 heteroatoms. The van der Waals surface area contributed by atoms with Gasteiger partial charge in [-0.1, -0.05) is 81.0 Å². The van der Waals surface area contributed by atoms with Crippen molar-refractivity contribution in [3.05, 3.63) is 67.0 Å². The van der Waals surface area contributed by atoms with E-state index in [0.29, 0.717) is 0 Å². The molecular weight excluding hydrogens is 581 g/mol. The minimum Gasteiger partial charge on any atom is -1.00 e. The first-order valence-corrected chi connectivity index (χ1v) is 9.66. The molecule has 30 heavy (non-hydrogen) atoms. The predicted octanol–water partition coefficient (Wildman–Crippen LogP) is 3.31. The summed E-state index contributed by atoms with van der Waals surface area (Å²) < 4.78 is 0. The summed E-state index contributed by atoms with van der Waals surface area (Å²) in [7, 11) is 0. The standard InChI is InChI=1S/C13H9N.C10H18O2.ClH.2H2N.Pt/c1-2-6-11-10(5-1)9-14-13-8-4-3-7-12(11)13;11-10(12)8-4-7-9-5-2-1-3-6-9;;;;/h1-9H;9H,1-8H2,(H,11,12);1H;2*1H2;/q;;;2*-1;+4/p-2. The van der Waals surface area contributed by atoms with Crippen LogP contribution in [0.2, 0.25) is 0 Å². The molecule has 1 aliphatic rings. The number of halogens is 1. The van der Waals surface area contributed by atoms with E-state index >= 15 is 0 Å². The number of hydrogen-bond acceptors (Lipinski definition) is 3. The third-order valence-corrected chi connectivity index (χ3v) is 5.22. The van der Waals surface area contributed by atoms with Crippen LogP contribution in [0.15, 0.2) is 54.7 Å². The van der Waals surface area contributed by atoms with Gasteiger partial charge in [-0.2, -0.15) is 0 Å². The van der Waals surface area contributed by atoms with Gasteiger partial charge in [0, 0.05) is 22.9 Å². The van der Waals surface area contributed by atoms with Gasteiger partial charge in [-0.05, 0) is 30.2 Å². The molecule has 166 valence electrons.